The molecule has 1 aliphatic rings. The zero-order valence-corrected chi connectivity index (χ0v) is 17.3. The molecule has 0 aromatic carbocycles. The fourth-order valence-electron chi connectivity index (χ4n) is 2.80. The first-order chi connectivity index (χ1) is 13.6. The first kappa shape index (κ1) is 20.5. The van der Waals surface area contributed by atoms with Crippen LogP contribution >= 0.6 is 11.3 Å². The molecule has 2 aromatic rings. The number of hydrazine groups is 1. The van der Waals surface area contributed by atoms with E-state index in [1.165, 1.54) is 11.3 Å². The van der Waals surface area contributed by atoms with Gasteiger partial charge >= 0.3 is 6.09 Å². The van der Waals surface area contributed by atoms with E-state index in [1.807, 2.05) is 26.0 Å². The van der Waals surface area contributed by atoms with Crippen LogP contribution in [0.25, 0.3) is 12.2 Å². The third-order valence-corrected chi connectivity index (χ3v) is 5.36. The van der Waals surface area contributed by atoms with E-state index in [2.05, 4.69) is 22.5 Å². The van der Waals surface area contributed by atoms with Crippen molar-refractivity contribution in [3.05, 3.63) is 27.7 Å². The van der Waals surface area contributed by atoms with Gasteiger partial charge in [-0.05, 0) is 38.8 Å². The maximum absolute atomic E-state index is 12.1. The standard InChI is InChI=1S/C19H26N4O4S/c1-4-5-6-16-15(14(3)27-22-16)7-8-17-20-13(2)18(28-17)26-19(24)21-23-9-11-25-12-10-23/h7-8H,4-6,9-12H2,1-3H3,(H,21,24)/b8-7+. The summed E-state index contributed by atoms with van der Waals surface area (Å²) in [6.45, 7) is 8.35. The lowest BCUT2D eigenvalue weighted by Gasteiger charge is -2.26. The molecule has 1 amide bonds. The number of rotatable bonds is 7. The lowest BCUT2D eigenvalue weighted by atomic mass is 10.1. The highest BCUT2D eigenvalue weighted by Crippen LogP contribution is 2.29. The number of carbonyl (C=O) groups is 1. The molecule has 1 fully saturated rings. The zero-order chi connectivity index (χ0) is 19.9. The Morgan fingerprint density at radius 3 is 2.86 bits per heavy atom. The highest BCUT2D eigenvalue weighted by molar-refractivity contribution is 7.14. The Morgan fingerprint density at radius 1 is 1.32 bits per heavy atom. The third-order valence-electron chi connectivity index (χ3n) is 4.36. The monoisotopic (exact) mass is 406 g/mol. The van der Waals surface area contributed by atoms with E-state index < -0.39 is 6.09 Å². The molecule has 1 N–H and O–H groups in total. The maximum Gasteiger partial charge on any atom is 0.428 e. The number of hydrogen-bond acceptors (Lipinski definition) is 8. The van der Waals surface area contributed by atoms with Crippen molar-refractivity contribution in [3.63, 3.8) is 0 Å². The van der Waals surface area contributed by atoms with Gasteiger partial charge in [-0.15, -0.1) is 0 Å². The largest absolute Gasteiger partial charge is 0.428 e. The Labute approximate surface area is 168 Å². The topological polar surface area (TPSA) is 89.7 Å². The van der Waals surface area contributed by atoms with Crippen molar-refractivity contribution in [2.75, 3.05) is 26.3 Å². The predicted molar refractivity (Wildman–Crippen MR) is 107 cm³/mol. The lowest BCUT2D eigenvalue weighted by Crippen LogP contribution is -2.49. The number of ether oxygens (including phenoxy) is 2. The number of carbonyl (C=O) groups excluding carboxylic acids is 1. The Bertz CT molecular complexity index is 824. The Hall–Kier alpha value is -2.23. The van der Waals surface area contributed by atoms with Crippen molar-refractivity contribution in [1.29, 1.82) is 0 Å². The maximum atomic E-state index is 12.1. The van der Waals surface area contributed by atoms with Crippen molar-refractivity contribution < 1.29 is 18.8 Å². The minimum absolute atomic E-state index is 0.485. The molecule has 28 heavy (non-hydrogen) atoms. The normalized spacial score (nSPS) is 15.2. The van der Waals surface area contributed by atoms with Crippen LogP contribution in [0, 0.1) is 13.8 Å². The molecule has 1 saturated heterocycles. The summed E-state index contributed by atoms with van der Waals surface area (Å²) >= 11 is 1.33. The summed E-state index contributed by atoms with van der Waals surface area (Å²) in [6, 6.07) is 0. The van der Waals surface area contributed by atoms with Gasteiger partial charge in [-0.1, -0.05) is 29.8 Å². The lowest BCUT2D eigenvalue weighted by molar-refractivity contribution is 0.0154. The summed E-state index contributed by atoms with van der Waals surface area (Å²) in [5.74, 6) is 0.789. The molecule has 0 radical (unpaired) electrons. The Kier molecular flexibility index (Phi) is 7.18. The second-order valence-electron chi connectivity index (χ2n) is 6.56. The molecule has 0 atom stereocenters. The van der Waals surface area contributed by atoms with Crippen LogP contribution in [0.1, 0.15) is 47.5 Å². The van der Waals surface area contributed by atoms with Gasteiger partial charge in [0.05, 0.1) is 24.6 Å². The molecule has 0 spiro atoms. The van der Waals surface area contributed by atoms with Gasteiger partial charge in [-0.25, -0.2) is 14.8 Å². The molecule has 9 heteroatoms. The number of thiazole rings is 1. The van der Waals surface area contributed by atoms with Gasteiger partial charge in [0.2, 0.25) is 5.06 Å². The molecular formula is C19H26N4O4S. The molecule has 1 aliphatic heterocycles. The van der Waals surface area contributed by atoms with E-state index in [1.54, 1.807) is 5.01 Å². The smallest absolute Gasteiger partial charge is 0.396 e. The summed E-state index contributed by atoms with van der Waals surface area (Å²) in [5, 5.41) is 7.18. The number of amides is 1. The molecule has 0 aliphatic carbocycles. The van der Waals surface area contributed by atoms with Crippen molar-refractivity contribution >= 4 is 29.6 Å². The second kappa shape index (κ2) is 9.81. The first-order valence-electron chi connectivity index (χ1n) is 9.48. The van der Waals surface area contributed by atoms with Gasteiger partial charge < -0.3 is 14.0 Å². The van der Waals surface area contributed by atoms with Crippen molar-refractivity contribution in [2.45, 2.75) is 40.0 Å². The predicted octanol–water partition coefficient (Wildman–Crippen LogP) is 3.60. The van der Waals surface area contributed by atoms with Gasteiger partial charge in [-0.2, -0.15) is 0 Å². The van der Waals surface area contributed by atoms with E-state index in [-0.39, 0.29) is 0 Å². The number of nitrogens with zero attached hydrogens (tertiary/aromatic N) is 3. The fourth-order valence-corrected chi connectivity index (χ4v) is 3.62. The molecule has 0 saturated carbocycles. The number of hydrogen-bond donors (Lipinski definition) is 1. The minimum Gasteiger partial charge on any atom is -0.396 e. The van der Waals surface area contributed by atoms with Crippen LogP contribution in [0.3, 0.4) is 0 Å². The first-order valence-corrected chi connectivity index (χ1v) is 10.3. The van der Waals surface area contributed by atoms with Crippen LogP contribution in [-0.2, 0) is 11.2 Å². The van der Waals surface area contributed by atoms with Gasteiger partial charge in [0.15, 0.2) is 0 Å². The average molecular weight is 407 g/mol. The number of aromatic nitrogens is 2. The molecule has 0 unspecified atom stereocenters. The van der Waals surface area contributed by atoms with E-state index >= 15 is 0 Å². The van der Waals surface area contributed by atoms with Gasteiger partial charge in [0, 0.05) is 18.7 Å². The number of unbranched alkanes of at least 4 members (excludes halogenated alkanes) is 1. The summed E-state index contributed by atoms with van der Waals surface area (Å²) in [7, 11) is 0. The molecule has 8 nitrogen and oxygen atoms in total. The van der Waals surface area contributed by atoms with Crippen molar-refractivity contribution in [1.82, 2.24) is 20.6 Å². The number of aryl methyl sites for hydroxylation is 3. The molecule has 0 bridgehead atoms. The van der Waals surface area contributed by atoms with Gasteiger partial charge in [0.1, 0.15) is 10.8 Å². The van der Waals surface area contributed by atoms with Gasteiger partial charge in [0.25, 0.3) is 0 Å². The molecule has 152 valence electrons. The molecule has 2 aromatic heterocycles. The third kappa shape index (κ3) is 5.40. The molecule has 3 heterocycles. The number of nitrogens with one attached hydrogen (secondary N) is 1. The highest BCUT2D eigenvalue weighted by atomic mass is 32.1. The average Bonchev–Trinajstić information content (AvgIpc) is 3.21. The summed E-state index contributed by atoms with van der Waals surface area (Å²) in [5.41, 5.74) is 5.36. The Balaban J connectivity index is 1.63. The highest BCUT2D eigenvalue weighted by Gasteiger charge is 2.17. The SMILES string of the molecule is CCCCc1noc(C)c1/C=C/c1nc(C)c(OC(=O)NN2CCOCC2)s1. The number of morpholine rings is 1. The van der Waals surface area contributed by atoms with Crippen LogP contribution in [0.15, 0.2) is 4.52 Å². The fraction of sp³-hybridized carbons (Fsp3) is 0.526. The van der Waals surface area contributed by atoms with Crippen LogP contribution in [-0.4, -0.2) is 47.5 Å². The Morgan fingerprint density at radius 2 is 2.11 bits per heavy atom. The van der Waals surface area contributed by atoms with E-state index in [0.29, 0.717) is 37.1 Å². The quantitative estimate of drug-likeness (QED) is 0.751. The van der Waals surface area contributed by atoms with Gasteiger partial charge in [-0.3, -0.25) is 5.43 Å². The van der Waals surface area contributed by atoms with Crippen LogP contribution in [0.5, 0.6) is 5.06 Å². The van der Waals surface area contributed by atoms with E-state index in [4.69, 9.17) is 14.0 Å². The van der Waals surface area contributed by atoms with Crippen LogP contribution < -0.4 is 10.2 Å². The summed E-state index contributed by atoms with van der Waals surface area (Å²) in [6.07, 6.45) is 6.42. The van der Waals surface area contributed by atoms with E-state index in [0.717, 1.165) is 41.3 Å². The van der Waals surface area contributed by atoms with Crippen molar-refractivity contribution in [3.8, 4) is 5.06 Å². The second-order valence-corrected chi connectivity index (χ2v) is 7.55. The van der Waals surface area contributed by atoms with E-state index in [9.17, 15) is 4.79 Å². The molecule has 3 rings (SSSR count). The summed E-state index contributed by atoms with van der Waals surface area (Å²) < 4.78 is 16.0. The molecular weight excluding hydrogens is 380 g/mol. The van der Waals surface area contributed by atoms with Crippen LogP contribution in [0.2, 0.25) is 0 Å². The van der Waals surface area contributed by atoms with Crippen LogP contribution in [0.4, 0.5) is 4.79 Å². The summed E-state index contributed by atoms with van der Waals surface area (Å²) in [4.78, 5) is 16.6. The van der Waals surface area contributed by atoms with Crippen molar-refractivity contribution in [2.24, 2.45) is 0 Å². The zero-order valence-electron chi connectivity index (χ0n) is 16.5. The minimum atomic E-state index is -0.513.